The monoisotopic (exact) mass is 214 g/mol. The molecule has 1 aliphatic heterocycles. The van der Waals surface area contributed by atoms with Crippen molar-refractivity contribution in [3.8, 4) is 0 Å². The molecule has 0 aromatic carbocycles. The Morgan fingerprint density at radius 2 is 1.47 bits per heavy atom. The first-order valence-electron chi connectivity index (χ1n) is 6.23. The summed E-state index contributed by atoms with van der Waals surface area (Å²) in [5.41, 5.74) is 0. The van der Waals surface area contributed by atoms with E-state index < -0.39 is 0 Å². The average molecular weight is 214 g/mol. The summed E-state index contributed by atoms with van der Waals surface area (Å²) < 4.78 is 1.23. The number of hydrogen-bond acceptors (Lipinski definition) is 2. The second-order valence-corrected chi connectivity index (χ2v) is 5.71. The molecule has 2 aliphatic rings. The molecule has 0 amide bonds. The molecule has 1 saturated heterocycles. The molecule has 1 N–H and O–H groups in total. The van der Waals surface area contributed by atoms with E-state index in [9.17, 15) is 0 Å². The van der Waals surface area contributed by atoms with Crippen molar-refractivity contribution in [3.63, 3.8) is 0 Å². The molecule has 0 bridgehead atoms. The Kier molecular flexibility index (Phi) is 4.56. The molecule has 3 heteroatoms. The lowest BCUT2D eigenvalue weighted by Gasteiger charge is -2.43. The van der Waals surface area contributed by atoms with Gasteiger partial charge in [0.2, 0.25) is 0 Å². The van der Waals surface area contributed by atoms with Crippen molar-refractivity contribution in [3.05, 3.63) is 0 Å². The molecule has 1 aliphatic carbocycles. The minimum atomic E-state index is 0. The van der Waals surface area contributed by atoms with Crippen LogP contribution in [0.5, 0.6) is 0 Å². The van der Waals surface area contributed by atoms with E-state index in [4.69, 9.17) is 0 Å². The predicted molar refractivity (Wildman–Crippen MR) is 62.2 cm³/mol. The Morgan fingerprint density at radius 3 is 2.00 bits per heavy atom. The van der Waals surface area contributed by atoms with Gasteiger partial charge in [0.25, 0.3) is 0 Å². The Bertz CT molecular complexity index is 178. The Morgan fingerprint density at radius 1 is 0.933 bits per heavy atom. The van der Waals surface area contributed by atoms with Gasteiger partial charge in [0.1, 0.15) is 0 Å². The van der Waals surface area contributed by atoms with Crippen molar-refractivity contribution < 1.29 is 9.96 Å². The summed E-state index contributed by atoms with van der Waals surface area (Å²) in [6.07, 6.45) is 7.35. The van der Waals surface area contributed by atoms with Crippen molar-refractivity contribution in [2.45, 2.75) is 38.1 Å². The summed E-state index contributed by atoms with van der Waals surface area (Å²) in [5.74, 6) is 0. The molecule has 15 heavy (non-hydrogen) atoms. The van der Waals surface area contributed by atoms with Crippen LogP contribution in [0.3, 0.4) is 0 Å². The SMILES string of the molecule is C[N+]1(C)CCN(C2CCCCC2)CC1.[OH-]. The topological polar surface area (TPSA) is 33.2 Å². The lowest BCUT2D eigenvalue weighted by Crippen LogP contribution is -2.57. The van der Waals surface area contributed by atoms with Crippen LogP contribution < -0.4 is 0 Å². The lowest BCUT2D eigenvalue weighted by atomic mass is 9.94. The van der Waals surface area contributed by atoms with Crippen molar-refractivity contribution in [1.82, 2.24) is 4.90 Å². The van der Waals surface area contributed by atoms with Crippen LogP contribution in [0.4, 0.5) is 0 Å². The molecule has 0 radical (unpaired) electrons. The van der Waals surface area contributed by atoms with Crippen molar-refractivity contribution in [1.29, 1.82) is 0 Å². The van der Waals surface area contributed by atoms with E-state index in [1.54, 1.807) is 0 Å². The first-order valence-corrected chi connectivity index (χ1v) is 6.23. The fourth-order valence-corrected chi connectivity index (χ4v) is 2.83. The van der Waals surface area contributed by atoms with Crippen LogP contribution in [-0.4, -0.2) is 61.2 Å². The van der Waals surface area contributed by atoms with Gasteiger partial charge in [-0.2, -0.15) is 0 Å². The van der Waals surface area contributed by atoms with Gasteiger partial charge in [-0.25, -0.2) is 0 Å². The Labute approximate surface area is 94.0 Å². The summed E-state index contributed by atoms with van der Waals surface area (Å²) in [6, 6.07) is 0.934. The molecule has 0 aromatic rings. The molecule has 2 rings (SSSR count). The van der Waals surface area contributed by atoms with Gasteiger partial charge in [0.05, 0.1) is 27.2 Å². The molecule has 0 spiro atoms. The molecule has 2 fully saturated rings. The fourth-order valence-electron chi connectivity index (χ4n) is 2.83. The third-order valence-corrected chi connectivity index (χ3v) is 4.08. The maximum absolute atomic E-state index is 2.75. The highest BCUT2D eigenvalue weighted by molar-refractivity contribution is 4.77. The second kappa shape index (κ2) is 5.28. The number of likely N-dealkylation sites (N-methyl/N-ethyl adjacent to an activating group) is 1. The van der Waals surface area contributed by atoms with Crippen molar-refractivity contribution in [2.75, 3.05) is 40.3 Å². The van der Waals surface area contributed by atoms with Crippen LogP contribution in [0.2, 0.25) is 0 Å². The highest BCUT2D eigenvalue weighted by atomic mass is 16.0. The van der Waals surface area contributed by atoms with Crippen LogP contribution >= 0.6 is 0 Å². The number of piperazine rings is 1. The van der Waals surface area contributed by atoms with Crippen molar-refractivity contribution in [2.24, 2.45) is 0 Å². The molecule has 3 nitrogen and oxygen atoms in total. The van der Waals surface area contributed by atoms with Gasteiger partial charge in [0.15, 0.2) is 0 Å². The fraction of sp³-hybridized carbons (Fsp3) is 1.00. The van der Waals surface area contributed by atoms with Gasteiger partial charge in [-0.1, -0.05) is 19.3 Å². The van der Waals surface area contributed by atoms with Crippen LogP contribution in [0.25, 0.3) is 0 Å². The van der Waals surface area contributed by atoms with E-state index in [0.717, 1.165) is 6.04 Å². The minimum absolute atomic E-state index is 0. The van der Waals surface area contributed by atoms with E-state index in [0.29, 0.717) is 0 Å². The van der Waals surface area contributed by atoms with Crippen LogP contribution in [0, 0.1) is 0 Å². The molecule has 90 valence electrons. The van der Waals surface area contributed by atoms with Gasteiger partial charge in [-0.05, 0) is 12.8 Å². The number of quaternary nitrogens is 1. The second-order valence-electron chi connectivity index (χ2n) is 5.71. The summed E-state index contributed by atoms with van der Waals surface area (Å²) in [6.45, 7) is 5.35. The summed E-state index contributed by atoms with van der Waals surface area (Å²) in [5, 5.41) is 0. The lowest BCUT2D eigenvalue weighted by molar-refractivity contribution is -0.894. The molecular weight excluding hydrogens is 188 g/mol. The Balaban J connectivity index is 0.00000112. The van der Waals surface area contributed by atoms with E-state index in [-0.39, 0.29) is 5.48 Å². The zero-order valence-electron chi connectivity index (χ0n) is 10.3. The smallest absolute Gasteiger partial charge is 0.0912 e. The highest BCUT2D eigenvalue weighted by Gasteiger charge is 2.29. The van der Waals surface area contributed by atoms with E-state index in [1.165, 1.54) is 62.8 Å². The zero-order valence-corrected chi connectivity index (χ0v) is 10.3. The Hall–Kier alpha value is -0.120. The number of nitrogens with zero attached hydrogens (tertiary/aromatic N) is 2. The summed E-state index contributed by atoms with van der Waals surface area (Å²) in [4.78, 5) is 2.75. The average Bonchev–Trinajstić information content (AvgIpc) is 2.19. The zero-order chi connectivity index (χ0) is 10.0. The van der Waals surface area contributed by atoms with Crippen LogP contribution in [-0.2, 0) is 0 Å². The third-order valence-electron chi connectivity index (χ3n) is 4.08. The van der Waals surface area contributed by atoms with Gasteiger partial charge >= 0.3 is 0 Å². The van der Waals surface area contributed by atoms with Gasteiger partial charge in [-0.3, -0.25) is 4.90 Å². The van der Waals surface area contributed by atoms with Gasteiger partial charge < -0.3 is 9.96 Å². The maximum Gasteiger partial charge on any atom is 0.0912 e. The molecule has 0 unspecified atom stereocenters. The van der Waals surface area contributed by atoms with E-state index in [1.807, 2.05) is 0 Å². The molecule has 0 aromatic heterocycles. The summed E-state index contributed by atoms with van der Waals surface area (Å²) in [7, 11) is 4.72. The first-order chi connectivity index (χ1) is 6.67. The van der Waals surface area contributed by atoms with E-state index in [2.05, 4.69) is 19.0 Å². The first kappa shape index (κ1) is 12.9. The van der Waals surface area contributed by atoms with Crippen LogP contribution in [0.1, 0.15) is 32.1 Å². The third kappa shape index (κ3) is 3.44. The summed E-state index contributed by atoms with van der Waals surface area (Å²) >= 11 is 0. The number of hydrogen-bond donors (Lipinski definition) is 0. The highest BCUT2D eigenvalue weighted by Crippen LogP contribution is 2.23. The number of rotatable bonds is 1. The van der Waals surface area contributed by atoms with E-state index >= 15 is 0 Å². The quantitative estimate of drug-likeness (QED) is 0.620. The molecule has 1 heterocycles. The standard InChI is InChI=1S/C12H25N2.H2O/c1-14(2)10-8-13(9-11-14)12-6-4-3-5-7-12;/h12H,3-11H2,1-2H3;1H2/q+1;/p-1. The molecule has 1 saturated carbocycles. The predicted octanol–water partition coefficient (Wildman–Crippen LogP) is 1.53. The molecular formula is C12H26N2O. The molecule has 0 atom stereocenters. The van der Waals surface area contributed by atoms with Gasteiger partial charge in [-0.15, -0.1) is 0 Å². The van der Waals surface area contributed by atoms with Crippen molar-refractivity contribution >= 4 is 0 Å². The van der Waals surface area contributed by atoms with Crippen LogP contribution in [0.15, 0.2) is 0 Å². The maximum atomic E-state index is 2.75. The largest absolute Gasteiger partial charge is 0.870 e. The minimum Gasteiger partial charge on any atom is -0.870 e. The van der Waals surface area contributed by atoms with Gasteiger partial charge in [0, 0.05) is 19.1 Å². The normalized spacial score (nSPS) is 28.4.